The van der Waals surface area contributed by atoms with Crippen molar-refractivity contribution in [3.8, 4) is 0 Å². The Kier molecular flexibility index (Phi) is 9.80. The lowest BCUT2D eigenvalue weighted by molar-refractivity contribution is -0.139. The number of ether oxygens (including phenoxy) is 1. The first-order valence-electron chi connectivity index (χ1n) is 12.4. The van der Waals surface area contributed by atoms with E-state index >= 15 is 0 Å². The number of nitrogens with one attached hydrogen (secondary N) is 2. The molecule has 9 nitrogen and oxygen atoms in total. The summed E-state index contributed by atoms with van der Waals surface area (Å²) < 4.78 is 5.43. The molecule has 3 rings (SSSR count). The first kappa shape index (κ1) is 26.8. The number of amides is 4. The number of carbonyl (C=O) groups excluding carboxylic acids is 3. The molecule has 0 radical (unpaired) electrons. The van der Waals surface area contributed by atoms with Gasteiger partial charge in [-0.25, -0.2) is 14.4 Å². The normalized spacial score (nSPS) is 19.3. The first-order valence-corrected chi connectivity index (χ1v) is 12.8. The molecule has 1 unspecified atom stereocenters. The molecule has 0 spiro atoms. The summed E-state index contributed by atoms with van der Waals surface area (Å²) in [6.07, 6.45) is 1.70. The fourth-order valence-corrected chi connectivity index (χ4v) is 4.58. The van der Waals surface area contributed by atoms with Gasteiger partial charge in [0.1, 0.15) is 0 Å². The number of nitrogens with zero attached hydrogens (tertiary/aromatic N) is 3. The number of hydrogen-bond acceptors (Lipinski definition) is 5. The van der Waals surface area contributed by atoms with Gasteiger partial charge in [0.05, 0.1) is 18.2 Å². The lowest BCUT2D eigenvalue weighted by Gasteiger charge is -2.38. The summed E-state index contributed by atoms with van der Waals surface area (Å²) in [5.74, 6) is -0.448. The van der Waals surface area contributed by atoms with E-state index in [2.05, 4.69) is 15.5 Å². The number of carbonyl (C=O) groups is 3. The van der Waals surface area contributed by atoms with E-state index in [4.69, 9.17) is 16.3 Å². The van der Waals surface area contributed by atoms with Crippen molar-refractivity contribution < 1.29 is 19.1 Å². The van der Waals surface area contributed by atoms with Crippen LogP contribution in [0.25, 0.3) is 0 Å². The minimum atomic E-state index is -0.639. The van der Waals surface area contributed by atoms with Gasteiger partial charge in [0.2, 0.25) is 0 Å². The predicted octanol–water partition coefficient (Wildman–Crippen LogP) is 3.37. The van der Waals surface area contributed by atoms with E-state index < -0.39 is 12.0 Å². The quantitative estimate of drug-likeness (QED) is 0.528. The zero-order valence-electron chi connectivity index (χ0n) is 20.8. The van der Waals surface area contributed by atoms with Crippen LogP contribution in [-0.4, -0.2) is 85.2 Å². The molecule has 2 aliphatic heterocycles. The van der Waals surface area contributed by atoms with Crippen molar-refractivity contribution in [3.05, 3.63) is 46.1 Å². The Labute approximate surface area is 212 Å². The molecule has 2 N–H and O–H groups in total. The van der Waals surface area contributed by atoms with Crippen molar-refractivity contribution in [2.45, 2.75) is 39.7 Å². The summed E-state index contributed by atoms with van der Waals surface area (Å²) in [6, 6.07) is 6.16. The highest BCUT2D eigenvalue weighted by Crippen LogP contribution is 2.32. The van der Waals surface area contributed by atoms with Gasteiger partial charge in [-0.2, -0.15) is 0 Å². The van der Waals surface area contributed by atoms with E-state index in [0.29, 0.717) is 55.6 Å². The van der Waals surface area contributed by atoms with Crippen molar-refractivity contribution in [3.63, 3.8) is 0 Å². The Morgan fingerprint density at radius 3 is 2.51 bits per heavy atom. The second-order valence-corrected chi connectivity index (χ2v) is 9.04. The van der Waals surface area contributed by atoms with E-state index in [0.717, 1.165) is 24.9 Å². The van der Waals surface area contributed by atoms with Crippen LogP contribution in [0, 0.1) is 0 Å². The Bertz CT molecular complexity index is 936. The molecule has 0 aromatic heterocycles. The standard InChI is InChI=1S/C25H36ClN5O4/c1-4-12-27-24(33)30-14-7-13-29(15-16-30)17-20-21(23(32)35-6-3)22(28-25(34)31(20)5-2)18-8-10-19(26)11-9-18/h8-11,22H,4-7,12-17H2,1-3H3,(H,27,33)(H,28,34). The summed E-state index contributed by atoms with van der Waals surface area (Å²) >= 11 is 6.07. The zero-order valence-corrected chi connectivity index (χ0v) is 21.6. The highest BCUT2D eigenvalue weighted by Gasteiger charge is 2.38. The predicted molar refractivity (Wildman–Crippen MR) is 135 cm³/mol. The molecule has 1 saturated heterocycles. The van der Waals surface area contributed by atoms with Gasteiger partial charge in [0.15, 0.2) is 0 Å². The fourth-order valence-electron chi connectivity index (χ4n) is 4.45. The Hall–Kier alpha value is -2.78. The fraction of sp³-hybridized carbons (Fsp3) is 0.560. The van der Waals surface area contributed by atoms with E-state index in [1.54, 1.807) is 24.0 Å². The van der Waals surface area contributed by atoms with Crippen LogP contribution in [0.4, 0.5) is 9.59 Å². The summed E-state index contributed by atoms with van der Waals surface area (Å²) in [5, 5.41) is 6.48. The molecule has 4 amide bonds. The van der Waals surface area contributed by atoms with E-state index in [1.165, 1.54) is 0 Å². The number of urea groups is 2. The maximum absolute atomic E-state index is 13.2. The molecule has 1 fully saturated rings. The first-order chi connectivity index (χ1) is 16.9. The van der Waals surface area contributed by atoms with E-state index in [9.17, 15) is 14.4 Å². The third-order valence-electron chi connectivity index (χ3n) is 6.23. The van der Waals surface area contributed by atoms with Crippen molar-refractivity contribution in [2.75, 3.05) is 52.4 Å². The monoisotopic (exact) mass is 505 g/mol. The Morgan fingerprint density at radius 2 is 1.86 bits per heavy atom. The zero-order chi connectivity index (χ0) is 25.4. The summed E-state index contributed by atoms with van der Waals surface area (Å²) in [5.41, 5.74) is 1.82. The molecular weight excluding hydrogens is 470 g/mol. The molecule has 2 heterocycles. The summed E-state index contributed by atoms with van der Waals surface area (Å²) in [7, 11) is 0. The molecule has 35 heavy (non-hydrogen) atoms. The second-order valence-electron chi connectivity index (χ2n) is 8.61. The lowest BCUT2D eigenvalue weighted by Crippen LogP contribution is -2.51. The van der Waals surface area contributed by atoms with Crippen molar-refractivity contribution in [1.82, 2.24) is 25.3 Å². The smallest absolute Gasteiger partial charge is 0.338 e. The third-order valence-corrected chi connectivity index (χ3v) is 6.48. The van der Waals surface area contributed by atoms with Gasteiger partial charge in [-0.15, -0.1) is 0 Å². The Morgan fingerprint density at radius 1 is 1.11 bits per heavy atom. The van der Waals surface area contributed by atoms with Crippen LogP contribution < -0.4 is 10.6 Å². The van der Waals surface area contributed by atoms with Crippen LogP contribution in [-0.2, 0) is 9.53 Å². The topological polar surface area (TPSA) is 94.2 Å². The van der Waals surface area contributed by atoms with Gasteiger partial charge < -0.3 is 20.3 Å². The van der Waals surface area contributed by atoms with Crippen LogP contribution in [0.3, 0.4) is 0 Å². The second kappa shape index (κ2) is 12.8. The number of hydrogen-bond donors (Lipinski definition) is 2. The number of likely N-dealkylation sites (N-methyl/N-ethyl adjacent to an activating group) is 1. The van der Waals surface area contributed by atoms with E-state index in [1.807, 2.05) is 30.9 Å². The molecule has 0 bridgehead atoms. The maximum atomic E-state index is 13.2. The molecule has 1 aromatic carbocycles. The SMILES string of the molecule is CCCNC(=O)N1CCCN(CC2=C(C(=O)OCC)C(c3ccc(Cl)cc3)NC(=O)N2CC)CC1. The molecular formula is C25H36ClN5O4. The number of halogens is 1. The van der Waals surface area contributed by atoms with Crippen molar-refractivity contribution in [2.24, 2.45) is 0 Å². The minimum Gasteiger partial charge on any atom is -0.463 e. The van der Waals surface area contributed by atoms with Crippen LogP contribution >= 0.6 is 11.6 Å². The molecule has 0 saturated carbocycles. The van der Waals surface area contributed by atoms with Crippen molar-refractivity contribution in [1.29, 1.82) is 0 Å². The molecule has 1 aromatic rings. The van der Waals surface area contributed by atoms with Crippen molar-refractivity contribution >= 4 is 29.6 Å². The molecule has 10 heteroatoms. The number of rotatable bonds is 8. The average molecular weight is 506 g/mol. The van der Waals surface area contributed by atoms with Gasteiger partial charge in [0, 0.05) is 56.5 Å². The highest BCUT2D eigenvalue weighted by molar-refractivity contribution is 6.30. The summed E-state index contributed by atoms with van der Waals surface area (Å²) in [6.45, 7) is 10.0. The van der Waals surface area contributed by atoms with Gasteiger partial charge in [0.25, 0.3) is 0 Å². The highest BCUT2D eigenvalue weighted by atomic mass is 35.5. The summed E-state index contributed by atoms with van der Waals surface area (Å²) in [4.78, 5) is 44.4. The minimum absolute atomic E-state index is 0.0461. The maximum Gasteiger partial charge on any atom is 0.338 e. The third kappa shape index (κ3) is 6.67. The van der Waals surface area contributed by atoms with E-state index in [-0.39, 0.29) is 18.7 Å². The molecule has 192 valence electrons. The van der Waals surface area contributed by atoms with Gasteiger partial charge in [-0.05, 0) is 44.4 Å². The number of esters is 1. The molecule has 1 atom stereocenters. The van der Waals surface area contributed by atoms with Crippen LogP contribution in [0.15, 0.2) is 35.5 Å². The average Bonchev–Trinajstić information content (AvgIpc) is 3.08. The number of benzene rings is 1. The van der Waals surface area contributed by atoms with Crippen LogP contribution in [0.5, 0.6) is 0 Å². The molecule has 2 aliphatic rings. The van der Waals surface area contributed by atoms with Crippen LogP contribution in [0.1, 0.15) is 45.2 Å². The molecule has 0 aliphatic carbocycles. The largest absolute Gasteiger partial charge is 0.463 e. The Balaban J connectivity index is 1.91. The lowest BCUT2D eigenvalue weighted by atomic mass is 9.94. The van der Waals surface area contributed by atoms with Gasteiger partial charge in [-0.1, -0.05) is 30.7 Å². The van der Waals surface area contributed by atoms with Gasteiger partial charge in [-0.3, -0.25) is 9.80 Å². The van der Waals surface area contributed by atoms with Crippen LogP contribution in [0.2, 0.25) is 5.02 Å². The van der Waals surface area contributed by atoms with Gasteiger partial charge >= 0.3 is 18.0 Å².